The third-order valence-electron chi connectivity index (χ3n) is 3.83. The zero-order valence-corrected chi connectivity index (χ0v) is 14.3. The lowest BCUT2D eigenvalue weighted by atomic mass is 10.1. The summed E-state index contributed by atoms with van der Waals surface area (Å²) in [7, 11) is 1.51. The number of carbonyl (C=O) groups is 1. The van der Waals surface area contributed by atoms with Gasteiger partial charge in [0.25, 0.3) is 5.91 Å². The van der Waals surface area contributed by atoms with Crippen LogP contribution < -0.4 is 15.9 Å². The van der Waals surface area contributed by atoms with Crippen LogP contribution in [0, 0.1) is 0 Å². The predicted molar refractivity (Wildman–Crippen MR) is 88.2 cm³/mol. The summed E-state index contributed by atoms with van der Waals surface area (Å²) in [5.41, 5.74) is 8.63. The highest BCUT2D eigenvalue weighted by Gasteiger charge is 2.32. The minimum atomic E-state index is -4.78. The summed E-state index contributed by atoms with van der Waals surface area (Å²) in [6, 6.07) is 5.36. The number of hydrogen-bond acceptors (Lipinski definition) is 5. The van der Waals surface area contributed by atoms with Crippen molar-refractivity contribution in [3.05, 3.63) is 29.8 Å². The molecule has 1 aliphatic rings. The first-order valence-corrected chi connectivity index (χ1v) is 8.03. The molecule has 0 saturated carbocycles. The number of ether oxygens (including phenoxy) is 2. The molecule has 144 valence electrons. The Labute approximate surface area is 148 Å². The molecule has 26 heavy (non-hydrogen) atoms. The van der Waals surface area contributed by atoms with Gasteiger partial charge in [-0.3, -0.25) is 4.79 Å². The molecular formula is C16H21F3N4O3. The van der Waals surface area contributed by atoms with Crippen molar-refractivity contribution in [1.82, 2.24) is 10.3 Å². The van der Waals surface area contributed by atoms with Crippen LogP contribution in [-0.2, 0) is 16.1 Å². The van der Waals surface area contributed by atoms with E-state index in [9.17, 15) is 18.0 Å². The molecule has 7 nitrogen and oxygen atoms in total. The summed E-state index contributed by atoms with van der Waals surface area (Å²) >= 11 is 0. The van der Waals surface area contributed by atoms with Gasteiger partial charge >= 0.3 is 6.36 Å². The Hall–Kier alpha value is -2.49. The van der Waals surface area contributed by atoms with Gasteiger partial charge < -0.3 is 25.5 Å². The van der Waals surface area contributed by atoms with E-state index < -0.39 is 12.3 Å². The largest absolute Gasteiger partial charge is 0.573 e. The first-order valence-electron chi connectivity index (χ1n) is 8.03. The molecule has 1 fully saturated rings. The molecule has 0 aliphatic carbocycles. The maximum absolute atomic E-state index is 12.6. The van der Waals surface area contributed by atoms with Crippen molar-refractivity contribution in [3.8, 4) is 5.75 Å². The fourth-order valence-electron chi connectivity index (χ4n) is 2.72. The summed E-state index contributed by atoms with van der Waals surface area (Å²) in [5.74, 6) is -1.05. The molecule has 1 aromatic carbocycles. The molecule has 0 unspecified atom stereocenters. The molecule has 0 spiro atoms. The number of nitrogens with one attached hydrogen (secondary N) is 1. The summed E-state index contributed by atoms with van der Waals surface area (Å²) in [6.45, 7) is 1.07. The van der Waals surface area contributed by atoms with Crippen molar-refractivity contribution in [2.24, 2.45) is 10.8 Å². The molecule has 2 rings (SSSR count). The van der Waals surface area contributed by atoms with E-state index in [-0.39, 0.29) is 24.2 Å². The van der Waals surface area contributed by atoms with Gasteiger partial charge in [-0.05, 0) is 30.5 Å². The zero-order valence-electron chi connectivity index (χ0n) is 14.3. The lowest BCUT2D eigenvalue weighted by Crippen LogP contribution is -2.48. The van der Waals surface area contributed by atoms with Gasteiger partial charge in [0, 0.05) is 32.8 Å². The Balaban J connectivity index is 2.21. The summed E-state index contributed by atoms with van der Waals surface area (Å²) < 4.78 is 46.5. The number of halogens is 3. The first-order chi connectivity index (χ1) is 12.3. The lowest BCUT2D eigenvalue weighted by molar-refractivity contribution is -0.274. The number of hydrogen-bond donors (Lipinski definition) is 2. The average Bonchev–Trinajstić information content (AvgIpc) is 2.59. The maximum Gasteiger partial charge on any atom is 0.573 e. The molecule has 0 aromatic heterocycles. The maximum atomic E-state index is 12.6. The second-order valence-electron chi connectivity index (χ2n) is 5.69. The van der Waals surface area contributed by atoms with E-state index in [1.807, 2.05) is 0 Å². The Bertz CT molecular complexity index is 646. The molecule has 1 aliphatic heterocycles. The van der Waals surface area contributed by atoms with E-state index in [2.05, 4.69) is 15.3 Å². The lowest BCUT2D eigenvalue weighted by Gasteiger charge is -2.34. The molecule has 10 heteroatoms. The quantitative estimate of drug-likeness (QED) is 0.464. The highest BCUT2D eigenvalue weighted by molar-refractivity contribution is 6.37. The van der Waals surface area contributed by atoms with Gasteiger partial charge in [-0.25, -0.2) is 0 Å². The van der Waals surface area contributed by atoms with Crippen LogP contribution in [0.2, 0.25) is 0 Å². The van der Waals surface area contributed by atoms with E-state index in [1.165, 1.54) is 30.1 Å². The fourth-order valence-corrected chi connectivity index (χ4v) is 2.72. The molecule has 3 N–H and O–H groups in total. The third kappa shape index (κ3) is 5.80. The number of carbonyl (C=O) groups excluding carboxylic acids is 1. The van der Waals surface area contributed by atoms with Crippen molar-refractivity contribution < 1.29 is 27.4 Å². The van der Waals surface area contributed by atoms with E-state index in [1.54, 1.807) is 6.07 Å². The molecule has 0 bridgehead atoms. The highest BCUT2D eigenvalue weighted by Crippen LogP contribution is 2.25. The Morgan fingerprint density at radius 3 is 2.73 bits per heavy atom. The van der Waals surface area contributed by atoms with Gasteiger partial charge in [0.1, 0.15) is 5.75 Å². The summed E-state index contributed by atoms with van der Waals surface area (Å²) in [6.07, 6.45) is -3.56. The fraction of sp³-hybridized carbons (Fsp3) is 0.500. The van der Waals surface area contributed by atoms with Gasteiger partial charge in [0.15, 0.2) is 0 Å². The van der Waals surface area contributed by atoms with Crippen LogP contribution >= 0.6 is 0 Å². The summed E-state index contributed by atoms with van der Waals surface area (Å²) in [5, 5.41) is 3.70. The van der Waals surface area contributed by atoms with Crippen molar-refractivity contribution in [2.45, 2.75) is 31.8 Å². The molecule has 0 atom stereocenters. The van der Waals surface area contributed by atoms with Crippen LogP contribution in [-0.4, -0.2) is 49.3 Å². The normalized spacial score (nSPS) is 16.2. The van der Waals surface area contributed by atoms with Crippen LogP contribution in [0.4, 0.5) is 13.2 Å². The van der Waals surface area contributed by atoms with E-state index >= 15 is 0 Å². The minimum absolute atomic E-state index is 0.0818. The average molecular weight is 374 g/mol. The van der Waals surface area contributed by atoms with Crippen molar-refractivity contribution in [3.63, 3.8) is 0 Å². The van der Waals surface area contributed by atoms with E-state index in [0.29, 0.717) is 31.6 Å². The number of rotatable bonds is 5. The minimum Gasteiger partial charge on any atom is -0.406 e. The topological polar surface area (TPSA) is 89.2 Å². The van der Waals surface area contributed by atoms with Crippen molar-refractivity contribution >= 4 is 11.7 Å². The van der Waals surface area contributed by atoms with Crippen LogP contribution in [0.15, 0.2) is 29.4 Å². The molecule has 1 saturated heterocycles. The Morgan fingerprint density at radius 1 is 1.42 bits per heavy atom. The van der Waals surface area contributed by atoms with Crippen molar-refractivity contribution in [1.29, 1.82) is 0 Å². The first kappa shape index (κ1) is 19.8. The number of hydrazone groups is 1. The number of benzene rings is 1. The van der Waals surface area contributed by atoms with Gasteiger partial charge in [-0.1, -0.05) is 12.1 Å². The number of amides is 1. The third-order valence-corrected chi connectivity index (χ3v) is 3.83. The molecule has 1 heterocycles. The molecular weight excluding hydrogens is 353 g/mol. The van der Waals surface area contributed by atoms with Crippen molar-refractivity contribution in [2.75, 3.05) is 20.3 Å². The van der Waals surface area contributed by atoms with Gasteiger partial charge in [-0.15, -0.1) is 13.2 Å². The number of alkyl halides is 3. The smallest absolute Gasteiger partial charge is 0.406 e. The second-order valence-corrected chi connectivity index (χ2v) is 5.69. The Morgan fingerprint density at radius 2 is 2.12 bits per heavy atom. The van der Waals surface area contributed by atoms with Gasteiger partial charge in [0.05, 0.1) is 0 Å². The molecule has 0 radical (unpaired) electrons. The predicted octanol–water partition coefficient (Wildman–Crippen LogP) is 1.58. The monoisotopic (exact) mass is 374 g/mol. The van der Waals surface area contributed by atoms with Crippen LogP contribution in [0.5, 0.6) is 5.75 Å². The molecule has 1 aromatic rings. The number of nitrogens with zero attached hydrogens (tertiary/aromatic N) is 2. The second kappa shape index (κ2) is 8.75. The van der Waals surface area contributed by atoms with Crippen LogP contribution in [0.3, 0.4) is 0 Å². The zero-order chi connectivity index (χ0) is 19.2. The number of nitrogens with two attached hydrogens (primary N) is 1. The van der Waals surface area contributed by atoms with Gasteiger partial charge in [0.2, 0.25) is 5.84 Å². The molecule has 1 amide bonds. The highest BCUT2D eigenvalue weighted by atomic mass is 19.4. The van der Waals surface area contributed by atoms with Crippen LogP contribution in [0.25, 0.3) is 0 Å². The van der Waals surface area contributed by atoms with Crippen LogP contribution in [0.1, 0.15) is 18.4 Å². The SMILES string of the molecule is CN/N=C(\N)C(=O)N(Cc1cccc(OC(F)(F)F)c1)C1CCOCC1. The van der Waals surface area contributed by atoms with Gasteiger partial charge in [-0.2, -0.15) is 5.10 Å². The summed E-state index contributed by atoms with van der Waals surface area (Å²) in [4.78, 5) is 14.1. The standard InChI is InChI=1S/C16H21F3N4O3/c1-21-22-14(20)15(24)23(12-5-7-25-8-6-12)10-11-3-2-4-13(9-11)26-16(17,18)19/h2-4,9,12,21H,5-8,10H2,1H3,(H2,20,22). The Kier molecular flexibility index (Phi) is 6.67. The van der Waals surface area contributed by atoms with E-state index in [0.717, 1.165) is 0 Å². The number of amidine groups is 1. The van der Waals surface area contributed by atoms with E-state index in [4.69, 9.17) is 10.5 Å².